The maximum absolute atomic E-state index is 6.35. The van der Waals surface area contributed by atoms with Gasteiger partial charge in [-0.25, -0.2) is 0 Å². The highest BCUT2D eigenvalue weighted by atomic mass is 35.5. The quantitative estimate of drug-likeness (QED) is 0.368. The molecule has 7 heteroatoms. The maximum atomic E-state index is 6.35. The van der Waals surface area contributed by atoms with E-state index < -0.39 is 0 Å². The summed E-state index contributed by atoms with van der Waals surface area (Å²) in [7, 11) is 1.73. The van der Waals surface area contributed by atoms with E-state index in [9.17, 15) is 0 Å². The van der Waals surface area contributed by atoms with Crippen molar-refractivity contribution in [1.82, 2.24) is 19.8 Å². The van der Waals surface area contributed by atoms with Crippen LogP contribution in [0, 0.1) is 20.8 Å². The number of benzene rings is 1. The van der Waals surface area contributed by atoms with E-state index in [0.29, 0.717) is 6.61 Å². The summed E-state index contributed by atoms with van der Waals surface area (Å²) < 4.78 is 7.59. The van der Waals surface area contributed by atoms with E-state index >= 15 is 0 Å². The van der Waals surface area contributed by atoms with Gasteiger partial charge in [0.2, 0.25) is 0 Å². The molecule has 1 fully saturated rings. The Kier molecular flexibility index (Phi) is 6.84. The number of halogens is 1. The van der Waals surface area contributed by atoms with Gasteiger partial charge in [0.1, 0.15) is 0 Å². The molecule has 0 radical (unpaired) electrons. The zero-order valence-corrected chi connectivity index (χ0v) is 20.5. The number of hydrogen-bond acceptors (Lipinski definition) is 3. The molecule has 168 valence electrons. The Balaban J connectivity index is 1.81. The maximum Gasteiger partial charge on any atom is 0.170 e. The fourth-order valence-electron chi connectivity index (χ4n) is 4.65. The lowest BCUT2D eigenvalue weighted by atomic mass is 9.96. The van der Waals surface area contributed by atoms with Crippen molar-refractivity contribution >= 4 is 28.9 Å². The molecule has 0 bridgehead atoms. The van der Waals surface area contributed by atoms with E-state index in [0.717, 1.165) is 40.2 Å². The van der Waals surface area contributed by atoms with Crippen molar-refractivity contribution in [3.05, 3.63) is 81.9 Å². The van der Waals surface area contributed by atoms with Gasteiger partial charge in [0.05, 0.1) is 17.8 Å². The van der Waals surface area contributed by atoms with E-state index in [1.165, 1.54) is 16.8 Å². The van der Waals surface area contributed by atoms with Crippen molar-refractivity contribution in [3.63, 3.8) is 0 Å². The molecule has 2 aromatic heterocycles. The van der Waals surface area contributed by atoms with Gasteiger partial charge in [-0.3, -0.25) is 4.98 Å². The summed E-state index contributed by atoms with van der Waals surface area (Å²) in [5.74, 6) is 0. The van der Waals surface area contributed by atoms with Crippen molar-refractivity contribution in [2.45, 2.75) is 39.3 Å². The average Bonchev–Trinajstić information content (AvgIpc) is 3.26. The number of pyridine rings is 1. The summed E-state index contributed by atoms with van der Waals surface area (Å²) in [6.07, 6.45) is 2.74. The highest BCUT2D eigenvalue weighted by Crippen LogP contribution is 2.41. The lowest BCUT2D eigenvalue weighted by molar-refractivity contribution is 0.180. The summed E-state index contributed by atoms with van der Waals surface area (Å²) in [5, 5.41) is 5.02. The molecule has 0 spiro atoms. The number of thiocarbonyl (C=S) groups is 1. The molecular formula is C25H29ClN4OS. The van der Waals surface area contributed by atoms with Crippen molar-refractivity contribution in [2.24, 2.45) is 0 Å². The van der Waals surface area contributed by atoms with Gasteiger partial charge in [-0.2, -0.15) is 0 Å². The molecule has 3 heterocycles. The molecule has 5 nitrogen and oxygen atoms in total. The zero-order valence-electron chi connectivity index (χ0n) is 18.9. The molecule has 3 aromatic rings. The molecule has 32 heavy (non-hydrogen) atoms. The molecule has 1 aliphatic rings. The predicted molar refractivity (Wildman–Crippen MR) is 134 cm³/mol. The first-order valence-electron chi connectivity index (χ1n) is 10.8. The minimum absolute atomic E-state index is 0.0272. The molecule has 2 atom stereocenters. The largest absolute Gasteiger partial charge is 0.385 e. The number of ether oxygens (including phenoxy) is 1. The van der Waals surface area contributed by atoms with E-state index in [1.807, 2.05) is 30.5 Å². The van der Waals surface area contributed by atoms with Crippen LogP contribution in [0.4, 0.5) is 0 Å². The van der Waals surface area contributed by atoms with Crippen LogP contribution >= 0.6 is 23.8 Å². The smallest absolute Gasteiger partial charge is 0.170 e. The Bertz CT molecular complexity index is 1110. The second-order valence-electron chi connectivity index (χ2n) is 8.26. The average molecular weight is 469 g/mol. The summed E-state index contributed by atoms with van der Waals surface area (Å²) in [6, 6.07) is 14.3. The Morgan fingerprint density at radius 3 is 2.69 bits per heavy atom. The minimum atomic E-state index is -0.0272. The Morgan fingerprint density at radius 1 is 1.16 bits per heavy atom. The topological polar surface area (TPSA) is 42.3 Å². The molecule has 0 aliphatic carbocycles. The monoisotopic (exact) mass is 468 g/mol. The van der Waals surface area contributed by atoms with Crippen molar-refractivity contribution in [2.75, 3.05) is 20.3 Å². The van der Waals surface area contributed by atoms with Crippen LogP contribution in [0.25, 0.3) is 5.69 Å². The fourth-order valence-corrected chi connectivity index (χ4v) is 5.14. The fraction of sp³-hybridized carbons (Fsp3) is 0.360. The van der Waals surface area contributed by atoms with Crippen LogP contribution in [0.3, 0.4) is 0 Å². The van der Waals surface area contributed by atoms with Crippen LogP contribution < -0.4 is 5.32 Å². The van der Waals surface area contributed by atoms with E-state index in [2.05, 4.69) is 58.7 Å². The summed E-state index contributed by atoms with van der Waals surface area (Å²) >= 11 is 12.1. The van der Waals surface area contributed by atoms with Crippen LogP contribution in [-0.2, 0) is 4.74 Å². The van der Waals surface area contributed by atoms with Crippen molar-refractivity contribution in [1.29, 1.82) is 0 Å². The van der Waals surface area contributed by atoms with E-state index in [4.69, 9.17) is 28.6 Å². The van der Waals surface area contributed by atoms with Crippen LogP contribution in [0.2, 0.25) is 5.02 Å². The van der Waals surface area contributed by atoms with Crippen molar-refractivity contribution in [3.8, 4) is 5.69 Å². The summed E-state index contributed by atoms with van der Waals surface area (Å²) in [5.41, 5.74) is 6.85. The van der Waals surface area contributed by atoms with Crippen LogP contribution in [-0.4, -0.2) is 39.8 Å². The molecule has 4 rings (SSSR count). The van der Waals surface area contributed by atoms with Crippen LogP contribution in [0.1, 0.15) is 46.7 Å². The van der Waals surface area contributed by atoms with Gasteiger partial charge >= 0.3 is 0 Å². The number of nitrogens with one attached hydrogen (secondary N) is 1. The van der Waals surface area contributed by atoms with Gasteiger partial charge in [0.15, 0.2) is 5.11 Å². The first kappa shape index (κ1) is 22.8. The number of aromatic nitrogens is 2. The van der Waals surface area contributed by atoms with E-state index in [1.54, 1.807) is 7.11 Å². The van der Waals surface area contributed by atoms with Crippen LogP contribution in [0.5, 0.6) is 0 Å². The molecule has 0 amide bonds. The van der Waals surface area contributed by atoms with Gasteiger partial charge < -0.3 is 19.5 Å². The predicted octanol–water partition coefficient (Wildman–Crippen LogP) is 5.46. The second-order valence-corrected chi connectivity index (χ2v) is 9.08. The molecular weight excluding hydrogens is 440 g/mol. The third-order valence-electron chi connectivity index (χ3n) is 6.15. The normalized spacial score (nSPS) is 18.3. The first-order chi connectivity index (χ1) is 15.4. The summed E-state index contributed by atoms with van der Waals surface area (Å²) in [6.45, 7) is 7.94. The van der Waals surface area contributed by atoms with Gasteiger partial charge in [-0.15, -0.1) is 0 Å². The molecule has 1 aromatic carbocycles. The number of aryl methyl sites for hydroxylation is 2. The molecule has 0 saturated carbocycles. The second kappa shape index (κ2) is 9.61. The molecule has 1 saturated heterocycles. The SMILES string of the molecule is COCCCN1C(=S)N[C@@H](c2ccccn2)[C@@H]1c1cc(C)n(-c2cc(Cl)ccc2C)c1C. The zero-order chi connectivity index (χ0) is 22.8. The number of nitrogens with zero attached hydrogens (tertiary/aromatic N) is 3. The third-order valence-corrected chi connectivity index (χ3v) is 6.73. The highest BCUT2D eigenvalue weighted by molar-refractivity contribution is 7.80. The Morgan fingerprint density at radius 2 is 1.97 bits per heavy atom. The van der Waals surface area contributed by atoms with Gasteiger partial charge in [0.25, 0.3) is 0 Å². The minimum Gasteiger partial charge on any atom is -0.385 e. The molecule has 1 aliphatic heterocycles. The third kappa shape index (κ3) is 4.27. The summed E-state index contributed by atoms with van der Waals surface area (Å²) in [4.78, 5) is 6.93. The Hall–Kier alpha value is -2.41. The lowest BCUT2D eigenvalue weighted by Crippen LogP contribution is -2.31. The highest BCUT2D eigenvalue weighted by Gasteiger charge is 2.41. The number of rotatable bonds is 7. The molecule has 0 unspecified atom stereocenters. The van der Waals surface area contributed by atoms with E-state index in [-0.39, 0.29) is 12.1 Å². The lowest BCUT2D eigenvalue weighted by Gasteiger charge is -2.28. The van der Waals surface area contributed by atoms with Crippen LogP contribution in [0.15, 0.2) is 48.7 Å². The van der Waals surface area contributed by atoms with Crippen molar-refractivity contribution < 1.29 is 4.74 Å². The molecule has 1 N–H and O–H groups in total. The van der Waals surface area contributed by atoms with Gasteiger partial charge in [-0.05, 0) is 80.9 Å². The number of methoxy groups -OCH3 is 1. The standard InChI is InChI=1S/C25H29ClN4OS/c1-16-9-10-19(26)15-22(16)30-17(2)14-20(18(30)3)24-23(21-8-5-6-11-27-21)28-25(32)29(24)12-7-13-31-4/h5-6,8-11,14-15,23-24H,7,12-13H2,1-4H3,(H,28,32)/t23-,24-/m0/s1. The Labute approximate surface area is 200 Å². The first-order valence-corrected chi connectivity index (χ1v) is 11.6. The van der Waals surface area contributed by atoms with Gasteiger partial charge in [0, 0.05) is 48.6 Å². The number of hydrogen-bond donors (Lipinski definition) is 1. The van der Waals surface area contributed by atoms with Gasteiger partial charge in [-0.1, -0.05) is 23.7 Å².